The van der Waals surface area contributed by atoms with E-state index in [0.717, 1.165) is 25.0 Å². The Morgan fingerprint density at radius 2 is 1.96 bits per heavy atom. The molecule has 8 heteroatoms. The topological polar surface area (TPSA) is 27.7 Å². The number of alkyl halides is 2. The Kier molecular flexibility index (Phi) is 6.17. The van der Waals surface area contributed by atoms with Crippen LogP contribution in [0.4, 0.5) is 22.0 Å². The van der Waals surface area contributed by atoms with Gasteiger partial charge in [-0.2, -0.15) is 17.6 Å². The first kappa shape index (κ1) is 18.7. The molecule has 0 amide bonds. The second kappa shape index (κ2) is 7.94. The fourth-order valence-corrected chi connectivity index (χ4v) is 2.36. The summed E-state index contributed by atoms with van der Waals surface area (Å²) in [7, 11) is 0. The summed E-state index contributed by atoms with van der Waals surface area (Å²) in [5.74, 6) is -1.71. The van der Waals surface area contributed by atoms with Crippen LogP contribution < -0.4 is 4.74 Å². The molecule has 1 aliphatic rings. The zero-order valence-electron chi connectivity index (χ0n) is 12.9. The first-order valence-corrected chi connectivity index (χ1v) is 7.44. The molecule has 0 saturated carbocycles. The Balaban J connectivity index is 2.04. The highest BCUT2D eigenvalue weighted by Gasteiger charge is 2.32. The first-order chi connectivity index (χ1) is 11.3. The SMILES string of the molecule is CCCC1COC(c2ccc(OC(F)(F)C=C(F)F)c(F)c2)OC1. The number of hydrogen-bond acceptors (Lipinski definition) is 3. The summed E-state index contributed by atoms with van der Waals surface area (Å²) in [5, 5.41) is 0. The van der Waals surface area contributed by atoms with Gasteiger partial charge in [0.15, 0.2) is 17.9 Å². The second-order valence-electron chi connectivity index (χ2n) is 5.44. The van der Waals surface area contributed by atoms with E-state index in [1.165, 1.54) is 6.07 Å². The molecule has 1 aliphatic heterocycles. The van der Waals surface area contributed by atoms with Crippen LogP contribution in [0.1, 0.15) is 31.6 Å². The van der Waals surface area contributed by atoms with Gasteiger partial charge in [0, 0.05) is 11.5 Å². The van der Waals surface area contributed by atoms with Crippen molar-refractivity contribution < 1.29 is 36.2 Å². The second-order valence-corrected chi connectivity index (χ2v) is 5.44. The molecule has 0 atom stereocenters. The normalized spacial score (nSPS) is 21.4. The molecule has 0 radical (unpaired) electrons. The standard InChI is InChI=1S/C16H17F5O3/c1-2-3-10-8-22-15(23-9-10)11-4-5-13(12(17)6-11)24-16(20,21)7-14(18)19/h4-7,10,15H,2-3,8-9H2,1H3. The zero-order valence-corrected chi connectivity index (χ0v) is 12.9. The van der Waals surface area contributed by atoms with Gasteiger partial charge >= 0.3 is 6.11 Å². The van der Waals surface area contributed by atoms with Gasteiger partial charge in [0.2, 0.25) is 0 Å². The van der Waals surface area contributed by atoms with E-state index in [1.54, 1.807) is 0 Å². The van der Waals surface area contributed by atoms with Gasteiger partial charge in [0.05, 0.1) is 19.3 Å². The first-order valence-electron chi connectivity index (χ1n) is 7.44. The largest absolute Gasteiger partial charge is 0.426 e. The number of hydrogen-bond donors (Lipinski definition) is 0. The van der Waals surface area contributed by atoms with Crippen molar-refractivity contribution in [2.75, 3.05) is 13.2 Å². The maximum Gasteiger partial charge on any atom is 0.425 e. The molecule has 2 rings (SSSR count). The lowest BCUT2D eigenvalue weighted by molar-refractivity contribution is -0.206. The van der Waals surface area contributed by atoms with Crippen LogP contribution >= 0.6 is 0 Å². The Hall–Kier alpha value is -1.67. The number of benzene rings is 1. The van der Waals surface area contributed by atoms with Gasteiger partial charge in [-0.3, -0.25) is 0 Å². The summed E-state index contributed by atoms with van der Waals surface area (Å²) in [6, 6.07) is 3.13. The molecule has 134 valence electrons. The molecular weight excluding hydrogens is 335 g/mol. The molecule has 0 aromatic heterocycles. The van der Waals surface area contributed by atoms with Gasteiger partial charge in [0.25, 0.3) is 6.08 Å². The van der Waals surface area contributed by atoms with Gasteiger partial charge in [-0.25, -0.2) is 4.39 Å². The lowest BCUT2D eigenvalue weighted by Gasteiger charge is -2.29. The monoisotopic (exact) mass is 352 g/mol. The maximum absolute atomic E-state index is 13.9. The van der Waals surface area contributed by atoms with Crippen molar-refractivity contribution in [3.8, 4) is 5.75 Å². The zero-order chi connectivity index (χ0) is 17.7. The Bertz CT molecular complexity index is 579. The highest BCUT2D eigenvalue weighted by atomic mass is 19.3. The third-order valence-electron chi connectivity index (χ3n) is 3.41. The van der Waals surface area contributed by atoms with Crippen molar-refractivity contribution in [1.82, 2.24) is 0 Å². The van der Waals surface area contributed by atoms with E-state index < -0.39 is 36.1 Å². The molecule has 0 unspecified atom stereocenters. The fraction of sp³-hybridized carbons (Fsp3) is 0.500. The van der Waals surface area contributed by atoms with E-state index in [-0.39, 0.29) is 5.92 Å². The molecule has 1 aromatic carbocycles. The van der Waals surface area contributed by atoms with E-state index in [1.807, 2.05) is 6.92 Å². The quantitative estimate of drug-likeness (QED) is 0.672. The van der Waals surface area contributed by atoms with E-state index >= 15 is 0 Å². The number of halogens is 5. The molecule has 1 aromatic rings. The third kappa shape index (κ3) is 5.17. The van der Waals surface area contributed by atoms with Crippen LogP contribution in [0.25, 0.3) is 0 Å². The molecule has 1 saturated heterocycles. The van der Waals surface area contributed by atoms with Gasteiger partial charge in [-0.1, -0.05) is 19.4 Å². The minimum absolute atomic E-state index is 0.264. The van der Waals surface area contributed by atoms with Crippen molar-refractivity contribution in [2.45, 2.75) is 32.2 Å². The summed E-state index contributed by atoms with van der Waals surface area (Å²) >= 11 is 0. The summed E-state index contributed by atoms with van der Waals surface area (Å²) in [6.45, 7) is 2.95. The third-order valence-corrected chi connectivity index (χ3v) is 3.41. The summed E-state index contributed by atoms with van der Waals surface area (Å²) in [6.07, 6.45) is -6.49. The van der Waals surface area contributed by atoms with Gasteiger partial charge < -0.3 is 14.2 Å². The maximum atomic E-state index is 13.9. The summed E-state index contributed by atoms with van der Waals surface area (Å²) in [4.78, 5) is 0. The van der Waals surface area contributed by atoms with Crippen LogP contribution in [0.15, 0.2) is 30.4 Å². The van der Waals surface area contributed by atoms with E-state index in [9.17, 15) is 22.0 Å². The number of ether oxygens (including phenoxy) is 3. The Morgan fingerprint density at radius 1 is 1.29 bits per heavy atom. The minimum Gasteiger partial charge on any atom is -0.426 e. The molecular formula is C16H17F5O3. The van der Waals surface area contributed by atoms with Gasteiger partial charge in [0.1, 0.15) is 0 Å². The predicted molar refractivity (Wildman–Crippen MR) is 75.3 cm³/mol. The number of rotatable bonds is 6. The molecule has 0 N–H and O–H groups in total. The highest BCUT2D eigenvalue weighted by molar-refractivity contribution is 5.30. The molecule has 3 nitrogen and oxygen atoms in total. The van der Waals surface area contributed by atoms with Crippen molar-refractivity contribution in [2.24, 2.45) is 5.92 Å². The minimum atomic E-state index is -4.31. The van der Waals surface area contributed by atoms with Gasteiger partial charge in [-0.15, -0.1) is 0 Å². The van der Waals surface area contributed by atoms with Crippen LogP contribution in [-0.4, -0.2) is 19.3 Å². The van der Waals surface area contributed by atoms with E-state index in [4.69, 9.17) is 9.47 Å². The summed E-state index contributed by atoms with van der Waals surface area (Å²) < 4.78 is 78.9. The predicted octanol–water partition coefficient (Wildman–Crippen LogP) is 5.04. The molecule has 1 fully saturated rings. The van der Waals surface area contributed by atoms with Gasteiger partial charge in [-0.05, 0) is 18.6 Å². The average molecular weight is 352 g/mol. The van der Waals surface area contributed by atoms with Crippen molar-refractivity contribution >= 4 is 0 Å². The molecule has 24 heavy (non-hydrogen) atoms. The van der Waals surface area contributed by atoms with E-state index in [0.29, 0.717) is 18.8 Å². The average Bonchev–Trinajstić information content (AvgIpc) is 2.49. The molecule has 0 aliphatic carbocycles. The molecule has 0 bridgehead atoms. The molecule has 0 spiro atoms. The lowest BCUT2D eigenvalue weighted by atomic mass is 10.1. The van der Waals surface area contributed by atoms with Crippen molar-refractivity contribution in [3.05, 3.63) is 41.7 Å². The summed E-state index contributed by atoms with van der Waals surface area (Å²) in [5.41, 5.74) is 0.297. The molecule has 1 heterocycles. The van der Waals surface area contributed by atoms with Crippen molar-refractivity contribution in [1.29, 1.82) is 0 Å². The Morgan fingerprint density at radius 3 is 2.50 bits per heavy atom. The van der Waals surface area contributed by atoms with Crippen LogP contribution in [0, 0.1) is 11.7 Å². The Labute approximate surface area is 136 Å². The van der Waals surface area contributed by atoms with E-state index in [2.05, 4.69) is 4.74 Å². The fourth-order valence-electron chi connectivity index (χ4n) is 2.36. The highest BCUT2D eigenvalue weighted by Crippen LogP contribution is 2.32. The van der Waals surface area contributed by atoms with Crippen LogP contribution in [0.5, 0.6) is 5.75 Å². The van der Waals surface area contributed by atoms with Crippen LogP contribution in [-0.2, 0) is 9.47 Å². The van der Waals surface area contributed by atoms with Crippen molar-refractivity contribution in [3.63, 3.8) is 0 Å². The lowest BCUT2D eigenvalue weighted by Crippen LogP contribution is -2.27. The smallest absolute Gasteiger partial charge is 0.425 e. The van der Waals surface area contributed by atoms with Crippen LogP contribution in [0.3, 0.4) is 0 Å². The van der Waals surface area contributed by atoms with Crippen LogP contribution in [0.2, 0.25) is 0 Å².